The van der Waals surface area contributed by atoms with Gasteiger partial charge in [-0.25, -0.2) is 9.37 Å². The Balaban J connectivity index is 1.88. The molecule has 0 bridgehead atoms. The minimum atomic E-state index is -0.638. The summed E-state index contributed by atoms with van der Waals surface area (Å²) in [6.45, 7) is 1.50. The average Bonchev–Trinajstić information content (AvgIpc) is 2.73. The van der Waals surface area contributed by atoms with Crippen LogP contribution in [0.4, 0.5) is 10.3 Å². The van der Waals surface area contributed by atoms with E-state index in [1.54, 1.807) is 0 Å². The second-order valence-corrected chi connectivity index (χ2v) is 4.24. The summed E-state index contributed by atoms with van der Waals surface area (Å²) in [7, 11) is 0. The molecule has 1 N–H and O–H groups in total. The van der Waals surface area contributed by atoms with Crippen LogP contribution in [0.15, 0.2) is 24.3 Å². The van der Waals surface area contributed by atoms with Crippen LogP contribution in [0.1, 0.15) is 12.8 Å². The first-order valence-corrected chi connectivity index (χ1v) is 5.67. The van der Waals surface area contributed by atoms with Crippen molar-refractivity contribution in [1.29, 1.82) is 0 Å². The molecule has 3 rings (SSSR count). The summed E-state index contributed by atoms with van der Waals surface area (Å²) < 4.78 is 13.0. The molecule has 0 aliphatic carbocycles. The minimum Gasteiger partial charge on any atom is -0.342 e. The fourth-order valence-corrected chi connectivity index (χ4v) is 2.15. The van der Waals surface area contributed by atoms with Crippen LogP contribution in [0.2, 0.25) is 0 Å². The van der Waals surface area contributed by atoms with Gasteiger partial charge >= 0.3 is 0 Å². The molecule has 0 radical (unpaired) electrons. The molecular formula is C12H14FN3. The lowest BCUT2D eigenvalue weighted by molar-refractivity contribution is 0.276. The number of aromatic nitrogens is 2. The number of hydrogen-bond acceptors (Lipinski definition) is 2. The average molecular weight is 219 g/mol. The molecule has 1 aliphatic rings. The van der Waals surface area contributed by atoms with E-state index in [-0.39, 0.29) is 0 Å². The zero-order chi connectivity index (χ0) is 11.0. The Morgan fingerprint density at radius 1 is 1.25 bits per heavy atom. The Morgan fingerprint density at radius 2 is 2.00 bits per heavy atom. The normalized spacial score (nSPS) is 18.2. The number of piperidine rings is 1. The lowest BCUT2D eigenvalue weighted by Gasteiger charge is -2.28. The topological polar surface area (TPSA) is 31.9 Å². The molecule has 2 aromatic rings. The summed E-state index contributed by atoms with van der Waals surface area (Å²) in [5.41, 5.74) is 2.01. The number of nitrogens with zero attached hydrogens (tertiary/aromatic N) is 2. The van der Waals surface area contributed by atoms with Crippen LogP contribution < -0.4 is 4.90 Å². The first-order chi connectivity index (χ1) is 7.83. The summed E-state index contributed by atoms with van der Waals surface area (Å²) in [5.74, 6) is 0.869. The van der Waals surface area contributed by atoms with Crippen LogP contribution >= 0.6 is 0 Å². The number of fused-ring (bicyclic) bond motifs is 1. The van der Waals surface area contributed by atoms with Gasteiger partial charge in [0.1, 0.15) is 6.17 Å². The number of alkyl halides is 1. The van der Waals surface area contributed by atoms with Crippen LogP contribution in [0.25, 0.3) is 11.0 Å². The third-order valence-electron chi connectivity index (χ3n) is 3.10. The highest BCUT2D eigenvalue weighted by Gasteiger charge is 2.20. The van der Waals surface area contributed by atoms with Gasteiger partial charge in [-0.05, 0) is 25.0 Å². The van der Waals surface area contributed by atoms with Crippen LogP contribution in [0, 0.1) is 0 Å². The number of rotatable bonds is 1. The Hall–Kier alpha value is -1.58. The van der Waals surface area contributed by atoms with E-state index < -0.39 is 6.17 Å². The number of anilines is 1. The van der Waals surface area contributed by atoms with Crippen LogP contribution in [-0.2, 0) is 0 Å². The molecule has 0 unspecified atom stereocenters. The lowest BCUT2D eigenvalue weighted by atomic mass is 10.1. The molecule has 1 aliphatic heterocycles. The van der Waals surface area contributed by atoms with E-state index in [0.717, 1.165) is 30.1 Å². The minimum absolute atomic E-state index is 0.608. The summed E-state index contributed by atoms with van der Waals surface area (Å²) in [5, 5.41) is 0. The Morgan fingerprint density at radius 3 is 2.75 bits per heavy atom. The number of benzene rings is 1. The maximum absolute atomic E-state index is 13.0. The highest BCUT2D eigenvalue weighted by atomic mass is 19.1. The molecule has 0 saturated carbocycles. The molecule has 1 aromatic carbocycles. The van der Waals surface area contributed by atoms with Crippen molar-refractivity contribution in [3.05, 3.63) is 24.3 Å². The third kappa shape index (κ3) is 1.64. The van der Waals surface area contributed by atoms with E-state index in [1.165, 1.54) is 0 Å². The van der Waals surface area contributed by atoms with E-state index in [9.17, 15) is 4.39 Å². The van der Waals surface area contributed by atoms with E-state index in [0.29, 0.717) is 12.8 Å². The monoisotopic (exact) mass is 219 g/mol. The quantitative estimate of drug-likeness (QED) is 0.799. The fraction of sp³-hybridized carbons (Fsp3) is 0.417. The van der Waals surface area contributed by atoms with Gasteiger partial charge in [0.25, 0.3) is 0 Å². The van der Waals surface area contributed by atoms with Gasteiger partial charge in [-0.3, -0.25) is 0 Å². The van der Waals surface area contributed by atoms with Crippen molar-refractivity contribution in [3.8, 4) is 0 Å². The number of aromatic amines is 1. The molecular weight excluding hydrogens is 205 g/mol. The number of H-pyrrole nitrogens is 1. The molecule has 1 fully saturated rings. The number of hydrogen-bond donors (Lipinski definition) is 1. The standard InChI is InChI=1S/C12H14FN3/c13-9-5-7-16(8-6-9)12-14-10-3-1-2-4-11(10)15-12/h1-4,9H,5-8H2,(H,14,15). The number of para-hydroxylation sites is 2. The molecule has 1 saturated heterocycles. The Kier molecular flexibility index (Phi) is 2.27. The van der Waals surface area contributed by atoms with E-state index in [4.69, 9.17) is 0 Å². The first kappa shape index (κ1) is 9.63. The van der Waals surface area contributed by atoms with Crippen molar-refractivity contribution in [2.75, 3.05) is 18.0 Å². The molecule has 1 aromatic heterocycles. The van der Waals surface area contributed by atoms with Crippen LogP contribution in [0.5, 0.6) is 0 Å². The Bertz CT molecular complexity index is 453. The van der Waals surface area contributed by atoms with Crippen molar-refractivity contribution < 1.29 is 4.39 Å². The number of imidazole rings is 1. The van der Waals surface area contributed by atoms with Gasteiger partial charge in [-0.2, -0.15) is 0 Å². The SMILES string of the molecule is FC1CCN(c2nc3ccccc3[nH]2)CC1. The van der Waals surface area contributed by atoms with Gasteiger partial charge in [-0.1, -0.05) is 12.1 Å². The van der Waals surface area contributed by atoms with Gasteiger partial charge in [0, 0.05) is 13.1 Å². The number of nitrogens with one attached hydrogen (secondary N) is 1. The number of halogens is 1. The summed E-state index contributed by atoms with van der Waals surface area (Å²) in [4.78, 5) is 9.90. The predicted molar refractivity (Wildman–Crippen MR) is 62.4 cm³/mol. The van der Waals surface area contributed by atoms with E-state index in [2.05, 4.69) is 14.9 Å². The molecule has 84 valence electrons. The summed E-state index contributed by atoms with van der Waals surface area (Å²) >= 11 is 0. The van der Waals surface area contributed by atoms with Crippen molar-refractivity contribution in [2.45, 2.75) is 19.0 Å². The van der Waals surface area contributed by atoms with Gasteiger partial charge in [-0.15, -0.1) is 0 Å². The zero-order valence-electron chi connectivity index (χ0n) is 8.99. The fourth-order valence-electron chi connectivity index (χ4n) is 2.15. The maximum Gasteiger partial charge on any atom is 0.203 e. The lowest BCUT2D eigenvalue weighted by Crippen LogP contribution is -2.34. The molecule has 16 heavy (non-hydrogen) atoms. The van der Waals surface area contributed by atoms with Crippen molar-refractivity contribution in [2.24, 2.45) is 0 Å². The summed E-state index contributed by atoms with van der Waals surface area (Å²) in [6.07, 6.45) is 0.578. The second-order valence-electron chi connectivity index (χ2n) is 4.24. The predicted octanol–water partition coefficient (Wildman–Crippen LogP) is 2.50. The van der Waals surface area contributed by atoms with Gasteiger partial charge in [0.2, 0.25) is 5.95 Å². The molecule has 0 spiro atoms. The van der Waals surface area contributed by atoms with Crippen molar-refractivity contribution >= 4 is 17.0 Å². The van der Waals surface area contributed by atoms with Crippen molar-refractivity contribution in [3.63, 3.8) is 0 Å². The first-order valence-electron chi connectivity index (χ1n) is 5.67. The molecule has 4 heteroatoms. The van der Waals surface area contributed by atoms with Gasteiger partial charge in [0.05, 0.1) is 11.0 Å². The highest BCUT2D eigenvalue weighted by Crippen LogP contribution is 2.21. The zero-order valence-corrected chi connectivity index (χ0v) is 8.99. The Labute approximate surface area is 93.3 Å². The van der Waals surface area contributed by atoms with E-state index >= 15 is 0 Å². The second kappa shape index (κ2) is 3.77. The van der Waals surface area contributed by atoms with Crippen molar-refractivity contribution in [1.82, 2.24) is 9.97 Å². The smallest absolute Gasteiger partial charge is 0.203 e. The van der Waals surface area contributed by atoms with Crippen LogP contribution in [-0.4, -0.2) is 29.2 Å². The van der Waals surface area contributed by atoms with Crippen LogP contribution in [0.3, 0.4) is 0 Å². The summed E-state index contributed by atoms with van der Waals surface area (Å²) in [6, 6.07) is 7.95. The van der Waals surface area contributed by atoms with E-state index in [1.807, 2.05) is 24.3 Å². The highest BCUT2D eigenvalue weighted by molar-refractivity contribution is 5.77. The third-order valence-corrected chi connectivity index (χ3v) is 3.10. The molecule has 2 heterocycles. The molecule has 3 nitrogen and oxygen atoms in total. The molecule has 0 amide bonds. The van der Waals surface area contributed by atoms with Gasteiger partial charge in [0.15, 0.2) is 0 Å². The largest absolute Gasteiger partial charge is 0.342 e. The molecule has 0 atom stereocenters. The van der Waals surface area contributed by atoms with Gasteiger partial charge < -0.3 is 9.88 Å². The maximum atomic E-state index is 13.0.